The molecule has 5 aliphatic rings. The van der Waals surface area contributed by atoms with Crippen molar-refractivity contribution in [2.45, 2.75) is 56.4 Å². The van der Waals surface area contributed by atoms with Gasteiger partial charge in [0.05, 0.1) is 5.41 Å². The van der Waals surface area contributed by atoms with Crippen molar-refractivity contribution in [2.75, 3.05) is 5.32 Å². The lowest BCUT2D eigenvalue weighted by molar-refractivity contribution is -0.176. The highest BCUT2D eigenvalue weighted by Gasteiger charge is 2.61. The minimum Gasteiger partial charge on any atom is -0.452 e. The molecule has 2 aromatic carbocycles. The average molecular weight is 492 g/mol. The molecule has 0 aromatic heterocycles. The number of amides is 1. The SMILES string of the molecule is CC(OC(=O)C12CC3CC(CC(Cl)(C3)C1)C2)C(=O)Nc1ccc2c(c1)C(=O)c1ccccc1C2=O. The van der Waals surface area contributed by atoms with E-state index >= 15 is 0 Å². The minimum absolute atomic E-state index is 0.219. The van der Waals surface area contributed by atoms with E-state index in [1.807, 2.05) is 0 Å². The number of alkyl halides is 1. The number of hydrogen-bond donors (Lipinski definition) is 1. The summed E-state index contributed by atoms with van der Waals surface area (Å²) in [7, 11) is 0. The van der Waals surface area contributed by atoms with Gasteiger partial charge in [-0.2, -0.15) is 0 Å². The van der Waals surface area contributed by atoms with E-state index in [9.17, 15) is 19.2 Å². The lowest BCUT2D eigenvalue weighted by Crippen LogP contribution is -2.57. The monoisotopic (exact) mass is 491 g/mol. The van der Waals surface area contributed by atoms with E-state index in [0.29, 0.717) is 40.6 Å². The zero-order chi connectivity index (χ0) is 24.5. The fraction of sp³-hybridized carbons (Fsp3) is 0.429. The van der Waals surface area contributed by atoms with Gasteiger partial charge in [0.1, 0.15) is 0 Å². The van der Waals surface area contributed by atoms with Crippen LogP contribution in [0.3, 0.4) is 0 Å². The Balaban J connectivity index is 1.16. The molecular weight excluding hydrogens is 466 g/mol. The number of fused-ring (bicyclic) bond motifs is 2. The van der Waals surface area contributed by atoms with Gasteiger partial charge in [-0.1, -0.05) is 24.3 Å². The molecule has 4 saturated carbocycles. The first-order valence-corrected chi connectivity index (χ1v) is 12.6. The third-order valence-electron chi connectivity index (χ3n) is 8.27. The van der Waals surface area contributed by atoms with E-state index in [-0.39, 0.29) is 28.0 Å². The summed E-state index contributed by atoms with van der Waals surface area (Å²) in [6.45, 7) is 1.55. The molecule has 5 aliphatic carbocycles. The lowest BCUT2D eigenvalue weighted by atomic mass is 9.49. The van der Waals surface area contributed by atoms with Crippen LogP contribution in [0, 0.1) is 17.3 Å². The molecule has 2 aromatic rings. The number of esters is 1. The zero-order valence-electron chi connectivity index (χ0n) is 19.4. The molecule has 7 heteroatoms. The molecule has 0 spiro atoms. The Morgan fingerprint density at radius 2 is 1.54 bits per heavy atom. The van der Waals surface area contributed by atoms with E-state index in [1.165, 1.54) is 6.07 Å². The van der Waals surface area contributed by atoms with E-state index in [0.717, 1.165) is 32.1 Å². The van der Waals surface area contributed by atoms with Crippen molar-refractivity contribution in [1.82, 2.24) is 0 Å². The Kier molecular flexibility index (Phi) is 4.98. The summed E-state index contributed by atoms with van der Waals surface area (Å²) in [4.78, 5) is 51.6. The van der Waals surface area contributed by atoms with Crippen LogP contribution in [0.1, 0.15) is 77.3 Å². The Labute approximate surface area is 208 Å². The molecule has 6 nitrogen and oxygen atoms in total. The second-order valence-electron chi connectivity index (χ2n) is 10.9. The van der Waals surface area contributed by atoms with Crippen LogP contribution in [-0.2, 0) is 14.3 Å². The standard InChI is InChI=1S/C28H26ClNO5/c1-15(35-26(34)27-10-16-8-17(11-27)13-28(29,12-16)14-27)25(33)30-18-6-7-21-22(9-18)24(32)20-5-3-2-4-19(20)23(21)31/h2-7,9,15-17H,8,10-14H2,1H3,(H,30,33). The van der Waals surface area contributed by atoms with Gasteiger partial charge in [-0.15, -0.1) is 11.6 Å². The van der Waals surface area contributed by atoms with Crippen LogP contribution in [0.25, 0.3) is 0 Å². The van der Waals surface area contributed by atoms with Crippen molar-refractivity contribution in [3.8, 4) is 0 Å². The minimum atomic E-state index is -1.00. The molecule has 4 bridgehead atoms. The summed E-state index contributed by atoms with van der Waals surface area (Å²) in [6, 6.07) is 11.3. The Hall–Kier alpha value is -2.99. The maximum atomic E-state index is 13.3. The normalized spacial score (nSPS) is 30.9. The van der Waals surface area contributed by atoms with Crippen molar-refractivity contribution in [3.63, 3.8) is 0 Å². The van der Waals surface area contributed by atoms with Gasteiger partial charge in [0.25, 0.3) is 5.91 Å². The maximum Gasteiger partial charge on any atom is 0.312 e. The van der Waals surface area contributed by atoms with Gasteiger partial charge in [-0.3, -0.25) is 19.2 Å². The van der Waals surface area contributed by atoms with Gasteiger partial charge in [-0.05, 0) is 75.5 Å². The first-order valence-electron chi connectivity index (χ1n) is 12.2. The summed E-state index contributed by atoms with van der Waals surface area (Å²) in [5.74, 6) is -0.399. The fourth-order valence-electron chi connectivity index (χ4n) is 7.15. The number of anilines is 1. The number of nitrogens with one attached hydrogen (secondary N) is 1. The first-order chi connectivity index (χ1) is 16.7. The second kappa shape index (κ2) is 7.76. The smallest absolute Gasteiger partial charge is 0.312 e. The van der Waals surface area contributed by atoms with Crippen LogP contribution >= 0.6 is 11.6 Å². The number of halogens is 1. The van der Waals surface area contributed by atoms with Crippen molar-refractivity contribution in [3.05, 3.63) is 64.7 Å². The molecule has 4 fully saturated rings. The number of carbonyl (C=O) groups excluding carboxylic acids is 4. The quantitative estimate of drug-likeness (QED) is 0.413. The van der Waals surface area contributed by atoms with Crippen LogP contribution < -0.4 is 5.32 Å². The largest absolute Gasteiger partial charge is 0.452 e. The Morgan fingerprint density at radius 3 is 2.17 bits per heavy atom. The number of carbonyl (C=O) groups is 4. The van der Waals surface area contributed by atoms with Crippen molar-refractivity contribution in [1.29, 1.82) is 0 Å². The number of ketones is 2. The summed E-state index contributed by atoms with van der Waals surface area (Å²) >= 11 is 6.84. The van der Waals surface area contributed by atoms with Crippen LogP contribution in [0.2, 0.25) is 0 Å². The van der Waals surface area contributed by atoms with Crippen LogP contribution in [0.4, 0.5) is 5.69 Å². The molecule has 35 heavy (non-hydrogen) atoms. The van der Waals surface area contributed by atoms with Crippen molar-refractivity contribution >= 4 is 40.7 Å². The third-order valence-corrected chi connectivity index (χ3v) is 8.71. The van der Waals surface area contributed by atoms with Crippen molar-refractivity contribution < 1.29 is 23.9 Å². The maximum absolute atomic E-state index is 13.3. The van der Waals surface area contributed by atoms with Gasteiger partial charge in [0.2, 0.25) is 0 Å². The molecule has 0 heterocycles. The topological polar surface area (TPSA) is 89.5 Å². The molecule has 7 rings (SSSR count). The number of hydrogen-bond acceptors (Lipinski definition) is 5. The first kappa shape index (κ1) is 22.5. The van der Waals surface area contributed by atoms with Crippen LogP contribution in [-0.4, -0.2) is 34.4 Å². The van der Waals surface area contributed by atoms with E-state index in [2.05, 4.69) is 5.32 Å². The molecule has 1 amide bonds. The highest BCUT2D eigenvalue weighted by Crippen LogP contribution is 2.64. The van der Waals surface area contributed by atoms with E-state index in [4.69, 9.17) is 16.3 Å². The van der Waals surface area contributed by atoms with E-state index < -0.39 is 17.4 Å². The molecule has 0 aliphatic heterocycles. The van der Waals surface area contributed by atoms with Gasteiger partial charge >= 0.3 is 5.97 Å². The van der Waals surface area contributed by atoms with Gasteiger partial charge < -0.3 is 10.1 Å². The molecular formula is C28H26ClNO5. The fourth-order valence-corrected chi connectivity index (χ4v) is 7.84. The van der Waals surface area contributed by atoms with Crippen LogP contribution in [0.5, 0.6) is 0 Å². The zero-order valence-corrected chi connectivity index (χ0v) is 20.2. The van der Waals surface area contributed by atoms with Gasteiger partial charge in [0.15, 0.2) is 17.7 Å². The predicted molar refractivity (Wildman–Crippen MR) is 130 cm³/mol. The van der Waals surface area contributed by atoms with Gasteiger partial charge in [0, 0.05) is 32.8 Å². The molecule has 0 radical (unpaired) electrons. The van der Waals surface area contributed by atoms with E-state index in [1.54, 1.807) is 43.3 Å². The number of benzene rings is 2. The average Bonchev–Trinajstić information content (AvgIpc) is 2.81. The van der Waals surface area contributed by atoms with Crippen LogP contribution in [0.15, 0.2) is 42.5 Å². The highest BCUT2D eigenvalue weighted by atomic mass is 35.5. The van der Waals surface area contributed by atoms with Gasteiger partial charge in [-0.25, -0.2) is 0 Å². The summed E-state index contributed by atoms with van der Waals surface area (Å²) in [5, 5.41) is 2.73. The van der Waals surface area contributed by atoms with Crippen molar-refractivity contribution in [2.24, 2.45) is 17.3 Å². The predicted octanol–water partition coefficient (Wildman–Crippen LogP) is 4.91. The lowest BCUT2D eigenvalue weighted by Gasteiger charge is -2.58. The molecule has 180 valence electrons. The molecule has 1 N–H and O–H groups in total. The number of rotatable bonds is 4. The summed E-state index contributed by atoms with van der Waals surface area (Å²) in [5.41, 5.74) is 1.06. The Morgan fingerprint density at radius 1 is 0.943 bits per heavy atom. The Bertz CT molecular complexity index is 1290. The summed E-state index contributed by atoms with van der Waals surface area (Å²) in [6.07, 6.45) is 4.23. The summed E-state index contributed by atoms with van der Waals surface area (Å²) < 4.78 is 5.68. The molecule has 3 atom stereocenters. The molecule has 3 unspecified atom stereocenters. The molecule has 0 saturated heterocycles. The second-order valence-corrected chi connectivity index (χ2v) is 11.7. The highest BCUT2D eigenvalue weighted by molar-refractivity contribution is 6.28. The number of ether oxygens (including phenoxy) is 1. The third kappa shape index (κ3) is 3.61.